The summed E-state index contributed by atoms with van der Waals surface area (Å²) in [6.45, 7) is 5.39. The molecule has 0 aliphatic heterocycles. The number of aromatic nitrogens is 2. The number of amides is 1. The van der Waals surface area contributed by atoms with Gasteiger partial charge in [0, 0.05) is 12.8 Å². The summed E-state index contributed by atoms with van der Waals surface area (Å²) in [6, 6.07) is 4.99. The number of hydrogen-bond acceptors (Lipinski definition) is 8. The van der Waals surface area contributed by atoms with Crippen LogP contribution in [-0.4, -0.2) is 44.3 Å². The van der Waals surface area contributed by atoms with Crippen LogP contribution in [-0.2, 0) is 21.4 Å². The zero-order valence-electron chi connectivity index (χ0n) is 17.9. The van der Waals surface area contributed by atoms with Gasteiger partial charge >= 0.3 is 0 Å². The second-order valence-corrected chi connectivity index (χ2v) is 9.82. The Bertz CT molecular complexity index is 1240. The van der Waals surface area contributed by atoms with Crippen LogP contribution in [0.1, 0.15) is 33.5 Å². The average Bonchev–Trinajstić information content (AvgIpc) is 3.06. The van der Waals surface area contributed by atoms with Gasteiger partial charge in [0.15, 0.2) is 5.82 Å². The van der Waals surface area contributed by atoms with E-state index in [4.69, 9.17) is 9.47 Å². The van der Waals surface area contributed by atoms with E-state index in [1.807, 2.05) is 6.92 Å². The first-order chi connectivity index (χ1) is 14.7. The zero-order valence-corrected chi connectivity index (χ0v) is 19.5. The second-order valence-electron chi connectivity index (χ2n) is 6.81. The standard InChI is InChI=1S/C20H24N4O5S2/c1-6-31(26,27)24-14-8-7-13(9-11(14)2)21-18(25)17-12(3)16-19(29-5)22-15(10-28-4)23-20(16)30-17/h7-9,24H,6,10H2,1-5H3,(H,21,25). The number of carbonyl (C=O) groups is 1. The summed E-state index contributed by atoms with van der Waals surface area (Å²) < 4.78 is 36.6. The Balaban J connectivity index is 1.90. The van der Waals surface area contributed by atoms with Gasteiger partial charge in [-0.3, -0.25) is 9.52 Å². The van der Waals surface area contributed by atoms with Gasteiger partial charge in [0.2, 0.25) is 15.9 Å². The van der Waals surface area contributed by atoms with E-state index < -0.39 is 10.0 Å². The van der Waals surface area contributed by atoms with Crippen molar-refractivity contribution in [1.82, 2.24) is 9.97 Å². The van der Waals surface area contributed by atoms with Gasteiger partial charge in [-0.1, -0.05) is 0 Å². The number of aryl methyl sites for hydroxylation is 2. The molecule has 0 aliphatic carbocycles. The third-order valence-electron chi connectivity index (χ3n) is 4.61. The maximum atomic E-state index is 13.0. The van der Waals surface area contributed by atoms with E-state index >= 15 is 0 Å². The molecule has 9 nitrogen and oxygen atoms in total. The summed E-state index contributed by atoms with van der Waals surface area (Å²) in [5.74, 6) is 0.556. The molecule has 1 aromatic carbocycles. The van der Waals surface area contributed by atoms with E-state index in [1.54, 1.807) is 39.2 Å². The smallest absolute Gasteiger partial charge is 0.266 e. The number of nitrogens with one attached hydrogen (secondary N) is 2. The summed E-state index contributed by atoms with van der Waals surface area (Å²) in [4.78, 5) is 22.9. The molecule has 1 amide bonds. The minimum Gasteiger partial charge on any atom is -0.480 e. The summed E-state index contributed by atoms with van der Waals surface area (Å²) in [6.07, 6.45) is 0. The van der Waals surface area contributed by atoms with Crippen molar-refractivity contribution in [3.05, 3.63) is 40.0 Å². The van der Waals surface area contributed by atoms with Gasteiger partial charge in [-0.05, 0) is 50.1 Å². The highest BCUT2D eigenvalue weighted by molar-refractivity contribution is 7.92. The molecule has 166 valence electrons. The lowest BCUT2D eigenvalue weighted by atomic mass is 10.1. The lowest BCUT2D eigenvalue weighted by Crippen LogP contribution is -2.16. The normalized spacial score (nSPS) is 11.5. The van der Waals surface area contributed by atoms with E-state index in [0.29, 0.717) is 43.7 Å². The number of hydrogen-bond donors (Lipinski definition) is 2. The van der Waals surface area contributed by atoms with Crippen molar-refractivity contribution in [3.8, 4) is 5.88 Å². The number of rotatable bonds is 8. The van der Waals surface area contributed by atoms with E-state index in [9.17, 15) is 13.2 Å². The molecular weight excluding hydrogens is 440 g/mol. The second kappa shape index (κ2) is 9.16. The molecule has 0 saturated heterocycles. The third-order valence-corrected chi connectivity index (χ3v) is 7.08. The predicted molar refractivity (Wildman–Crippen MR) is 122 cm³/mol. The third kappa shape index (κ3) is 4.94. The van der Waals surface area contributed by atoms with Crippen LogP contribution >= 0.6 is 11.3 Å². The van der Waals surface area contributed by atoms with Crippen molar-refractivity contribution in [3.63, 3.8) is 0 Å². The van der Waals surface area contributed by atoms with Crippen molar-refractivity contribution >= 4 is 48.9 Å². The van der Waals surface area contributed by atoms with Crippen LogP contribution in [0.25, 0.3) is 10.2 Å². The Morgan fingerprint density at radius 2 is 1.94 bits per heavy atom. The van der Waals surface area contributed by atoms with Gasteiger partial charge in [0.05, 0.1) is 28.8 Å². The largest absolute Gasteiger partial charge is 0.480 e. The molecule has 0 unspecified atom stereocenters. The van der Waals surface area contributed by atoms with Gasteiger partial charge in [-0.15, -0.1) is 11.3 Å². The zero-order chi connectivity index (χ0) is 22.8. The SMILES string of the molecule is CCS(=O)(=O)Nc1ccc(NC(=O)c2sc3nc(COC)nc(OC)c3c2C)cc1C. The lowest BCUT2D eigenvalue weighted by molar-refractivity contribution is 0.103. The fourth-order valence-electron chi connectivity index (χ4n) is 2.99. The highest BCUT2D eigenvalue weighted by Crippen LogP contribution is 2.35. The topological polar surface area (TPSA) is 120 Å². The maximum Gasteiger partial charge on any atom is 0.266 e. The molecule has 0 fully saturated rings. The Morgan fingerprint density at radius 1 is 1.19 bits per heavy atom. The number of benzene rings is 1. The fourth-order valence-corrected chi connectivity index (χ4v) is 4.78. The monoisotopic (exact) mass is 464 g/mol. The number of anilines is 2. The molecule has 0 saturated carbocycles. The fraction of sp³-hybridized carbons (Fsp3) is 0.350. The molecule has 2 N–H and O–H groups in total. The molecule has 0 aliphatic rings. The highest BCUT2D eigenvalue weighted by Gasteiger charge is 2.21. The van der Waals surface area contributed by atoms with Gasteiger partial charge in [-0.25, -0.2) is 13.4 Å². The first-order valence-corrected chi connectivity index (χ1v) is 11.9. The van der Waals surface area contributed by atoms with Crippen LogP contribution in [0.5, 0.6) is 5.88 Å². The van der Waals surface area contributed by atoms with Crippen molar-refractivity contribution in [2.45, 2.75) is 27.4 Å². The Hall–Kier alpha value is -2.76. The van der Waals surface area contributed by atoms with Crippen LogP contribution in [0, 0.1) is 13.8 Å². The number of thiophene rings is 1. The van der Waals surface area contributed by atoms with Crippen LogP contribution in [0.4, 0.5) is 11.4 Å². The first kappa shape index (κ1) is 22.9. The van der Waals surface area contributed by atoms with Crippen molar-refractivity contribution in [1.29, 1.82) is 0 Å². The van der Waals surface area contributed by atoms with E-state index in [1.165, 1.54) is 18.4 Å². The van der Waals surface area contributed by atoms with Crippen molar-refractivity contribution < 1.29 is 22.7 Å². The lowest BCUT2D eigenvalue weighted by Gasteiger charge is -2.11. The van der Waals surface area contributed by atoms with Gasteiger partial charge in [0.1, 0.15) is 11.4 Å². The van der Waals surface area contributed by atoms with E-state index in [-0.39, 0.29) is 18.3 Å². The van der Waals surface area contributed by atoms with Gasteiger partial charge < -0.3 is 14.8 Å². The van der Waals surface area contributed by atoms with Crippen molar-refractivity contribution in [2.24, 2.45) is 0 Å². The number of sulfonamides is 1. The van der Waals surface area contributed by atoms with Crippen LogP contribution in [0.3, 0.4) is 0 Å². The molecule has 11 heteroatoms. The number of nitrogens with zero attached hydrogens (tertiary/aromatic N) is 2. The minimum absolute atomic E-state index is 0.0193. The highest BCUT2D eigenvalue weighted by atomic mass is 32.2. The molecule has 0 radical (unpaired) electrons. The Labute approximate surface area is 184 Å². The van der Waals surface area contributed by atoms with Gasteiger partial charge in [-0.2, -0.15) is 4.98 Å². The summed E-state index contributed by atoms with van der Waals surface area (Å²) in [7, 11) is -0.303. The van der Waals surface area contributed by atoms with Crippen LogP contribution in [0.2, 0.25) is 0 Å². The van der Waals surface area contributed by atoms with Gasteiger partial charge in [0.25, 0.3) is 5.91 Å². The number of methoxy groups -OCH3 is 2. The summed E-state index contributed by atoms with van der Waals surface area (Å²) in [5.41, 5.74) is 2.45. The maximum absolute atomic E-state index is 13.0. The molecule has 3 aromatic rings. The Morgan fingerprint density at radius 3 is 2.55 bits per heavy atom. The molecule has 0 atom stereocenters. The first-order valence-electron chi connectivity index (χ1n) is 9.44. The molecule has 2 heterocycles. The Kier molecular flexibility index (Phi) is 6.77. The predicted octanol–water partition coefficient (Wildman–Crippen LogP) is 3.48. The minimum atomic E-state index is -3.38. The number of fused-ring (bicyclic) bond motifs is 1. The van der Waals surface area contributed by atoms with Crippen LogP contribution < -0.4 is 14.8 Å². The van der Waals surface area contributed by atoms with Crippen LogP contribution in [0.15, 0.2) is 18.2 Å². The number of ether oxygens (including phenoxy) is 2. The van der Waals surface area contributed by atoms with Crippen molar-refractivity contribution in [2.75, 3.05) is 30.0 Å². The average molecular weight is 465 g/mol. The molecule has 3 rings (SSSR count). The number of carbonyl (C=O) groups excluding carboxylic acids is 1. The molecule has 0 spiro atoms. The van der Waals surface area contributed by atoms with E-state index in [0.717, 1.165) is 5.56 Å². The molecular formula is C20H24N4O5S2. The van der Waals surface area contributed by atoms with E-state index in [2.05, 4.69) is 20.0 Å². The molecule has 2 aromatic heterocycles. The molecule has 31 heavy (non-hydrogen) atoms. The summed E-state index contributed by atoms with van der Waals surface area (Å²) >= 11 is 1.25. The molecule has 0 bridgehead atoms. The quantitative estimate of drug-likeness (QED) is 0.524. The summed E-state index contributed by atoms with van der Waals surface area (Å²) in [5, 5.41) is 3.56.